The van der Waals surface area contributed by atoms with Crippen LogP contribution >= 0.6 is 0 Å². The van der Waals surface area contributed by atoms with Gasteiger partial charge in [0.15, 0.2) is 11.5 Å². The number of carbonyl (C=O) groups excluding carboxylic acids is 1. The smallest absolute Gasteiger partial charge is 0.197 e. The Morgan fingerprint density at radius 3 is 2.25 bits per heavy atom. The number of rotatable bonds is 3. The van der Waals surface area contributed by atoms with E-state index >= 15 is 0 Å². The predicted molar refractivity (Wildman–Crippen MR) is 54.5 cm³/mol. The highest BCUT2D eigenvalue weighted by molar-refractivity contribution is 7.96. The lowest BCUT2D eigenvalue weighted by molar-refractivity contribution is -0.107. The summed E-state index contributed by atoms with van der Waals surface area (Å²) in [6.45, 7) is 0. The Morgan fingerprint density at radius 2 is 1.83 bits per heavy atom. The Labute approximate surface area is 76.1 Å². The molecule has 0 heterocycles. The van der Waals surface area contributed by atoms with Crippen molar-refractivity contribution in [2.45, 2.75) is 5.25 Å². The summed E-state index contributed by atoms with van der Waals surface area (Å²) < 4.78 is 0. The molecule has 0 saturated carbocycles. The van der Waals surface area contributed by atoms with Gasteiger partial charge in [0.25, 0.3) is 0 Å². The van der Waals surface area contributed by atoms with Crippen LogP contribution in [0.4, 0.5) is 0 Å². The third-order valence-electron chi connectivity index (χ3n) is 1.76. The van der Waals surface area contributed by atoms with Crippen molar-refractivity contribution < 1.29 is 4.79 Å². The van der Waals surface area contributed by atoms with Crippen molar-refractivity contribution >= 4 is 17.2 Å². The molecule has 1 aromatic carbocycles. The van der Waals surface area contributed by atoms with Gasteiger partial charge in [-0.3, -0.25) is 4.79 Å². The van der Waals surface area contributed by atoms with Gasteiger partial charge in [-0.25, -0.2) is 0 Å². The zero-order valence-corrected chi connectivity index (χ0v) is 8.17. The van der Waals surface area contributed by atoms with Crippen molar-refractivity contribution in [2.24, 2.45) is 0 Å². The fraction of sp³-hybridized carbons (Fsp3) is 0.300. The number of hydrogen-bond acceptors (Lipinski definition) is 1. The van der Waals surface area contributed by atoms with Crippen molar-refractivity contribution in [2.75, 3.05) is 12.5 Å². The van der Waals surface area contributed by atoms with Gasteiger partial charge in [-0.1, -0.05) is 30.3 Å². The molecule has 1 nitrogen and oxygen atoms in total. The molecule has 64 valence electrons. The number of hydrogen-bond donors (Lipinski definition) is 0. The molecule has 0 amide bonds. The highest BCUT2D eigenvalue weighted by atomic mass is 32.2. The molecule has 0 aliphatic carbocycles. The lowest BCUT2D eigenvalue weighted by Gasteiger charge is -2.05. The average molecular weight is 181 g/mol. The van der Waals surface area contributed by atoms with Crippen molar-refractivity contribution in [1.82, 2.24) is 0 Å². The van der Waals surface area contributed by atoms with Crippen LogP contribution in [-0.2, 0) is 15.7 Å². The zero-order chi connectivity index (χ0) is 8.97. The molecule has 1 unspecified atom stereocenters. The summed E-state index contributed by atoms with van der Waals surface area (Å²) in [5.74, 6) is 0. The van der Waals surface area contributed by atoms with Gasteiger partial charge in [0.1, 0.15) is 0 Å². The minimum absolute atomic E-state index is 0.0752. The molecule has 0 bridgehead atoms. The summed E-state index contributed by atoms with van der Waals surface area (Å²) in [6.07, 6.45) is 5.22. The fourth-order valence-electron chi connectivity index (χ4n) is 1.10. The lowest BCUT2D eigenvalue weighted by atomic mass is 10.2. The molecule has 1 aromatic rings. The third kappa shape index (κ3) is 2.11. The van der Waals surface area contributed by atoms with E-state index in [-0.39, 0.29) is 16.1 Å². The van der Waals surface area contributed by atoms with Crippen molar-refractivity contribution in [1.29, 1.82) is 0 Å². The molecule has 0 saturated heterocycles. The van der Waals surface area contributed by atoms with E-state index in [0.29, 0.717) is 0 Å². The first-order valence-electron chi connectivity index (χ1n) is 3.82. The summed E-state index contributed by atoms with van der Waals surface area (Å²) in [4.78, 5) is 10.8. The normalized spacial score (nSPS) is 12.9. The van der Waals surface area contributed by atoms with Crippen LogP contribution in [0, 0.1) is 0 Å². The maximum absolute atomic E-state index is 10.8. The summed E-state index contributed by atoms with van der Waals surface area (Å²) in [5, 5.41) is 0.0752. The number of carbonyl (C=O) groups is 1. The van der Waals surface area contributed by atoms with Gasteiger partial charge in [-0.15, -0.1) is 0 Å². The quantitative estimate of drug-likeness (QED) is 0.513. The standard InChI is InChI=1S/C10H13OS/c1-12(2)10(8-11)9-6-4-3-5-7-9/h3-8,10H,1-2H3/q+1. The Kier molecular flexibility index (Phi) is 3.35. The Balaban J connectivity index is 2.88. The minimum Gasteiger partial charge on any atom is -0.297 e. The van der Waals surface area contributed by atoms with E-state index in [2.05, 4.69) is 12.5 Å². The molecule has 0 aliphatic heterocycles. The maximum Gasteiger partial charge on any atom is 0.197 e. The number of aldehydes is 1. The van der Waals surface area contributed by atoms with Crippen LogP contribution in [0.25, 0.3) is 0 Å². The second-order valence-corrected chi connectivity index (χ2v) is 5.11. The van der Waals surface area contributed by atoms with E-state index < -0.39 is 0 Å². The number of benzene rings is 1. The monoisotopic (exact) mass is 181 g/mol. The van der Waals surface area contributed by atoms with E-state index in [4.69, 9.17) is 0 Å². The van der Waals surface area contributed by atoms with Crippen LogP contribution in [0.1, 0.15) is 10.8 Å². The van der Waals surface area contributed by atoms with Crippen molar-refractivity contribution in [3.8, 4) is 0 Å². The third-order valence-corrected chi connectivity index (χ3v) is 3.16. The molecule has 0 aromatic heterocycles. The van der Waals surface area contributed by atoms with Crippen molar-refractivity contribution in [3.05, 3.63) is 35.9 Å². The minimum atomic E-state index is 0.0752. The molecular weight excluding hydrogens is 168 g/mol. The molecule has 0 spiro atoms. The van der Waals surface area contributed by atoms with Gasteiger partial charge in [-0.05, 0) is 10.9 Å². The highest BCUT2D eigenvalue weighted by Gasteiger charge is 2.21. The lowest BCUT2D eigenvalue weighted by Crippen LogP contribution is -2.11. The first kappa shape index (κ1) is 9.33. The average Bonchev–Trinajstić information content (AvgIpc) is 2.07. The van der Waals surface area contributed by atoms with E-state index in [1.54, 1.807) is 0 Å². The van der Waals surface area contributed by atoms with Crippen molar-refractivity contribution in [3.63, 3.8) is 0 Å². The SMILES string of the molecule is C[S+](C)C(C=O)c1ccccc1. The summed E-state index contributed by atoms with van der Waals surface area (Å²) in [5.41, 5.74) is 1.13. The van der Waals surface area contributed by atoms with Gasteiger partial charge < -0.3 is 0 Å². The van der Waals surface area contributed by atoms with Gasteiger partial charge in [0.05, 0.1) is 12.5 Å². The first-order chi connectivity index (χ1) is 5.75. The van der Waals surface area contributed by atoms with Gasteiger partial charge >= 0.3 is 0 Å². The topological polar surface area (TPSA) is 17.1 Å². The zero-order valence-electron chi connectivity index (χ0n) is 7.36. The van der Waals surface area contributed by atoms with E-state index in [0.717, 1.165) is 11.8 Å². The summed E-state index contributed by atoms with van der Waals surface area (Å²) in [7, 11) is 0.128. The Bertz CT molecular complexity index is 243. The molecule has 2 heteroatoms. The van der Waals surface area contributed by atoms with Crippen LogP contribution in [0.5, 0.6) is 0 Å². The molecule has 12 heavy (non-hydrogen) atoms. The van der Waals surface area contributed by atoms with Crippen LogP contribution in [0.3, 0.4) is 0 Å². The summed E-state index contributed by atoms with van der Waals surface area (Å²) >= 11 is 0. The highest BCUT2D eigenvalue weighted by Crippen LogP contribution is 2.18. The second kappa shape index (κ2) is 4.31. The molecule has 0 aliphatic rings. The maximum atomic E-state index is 10.8. The van der Waals surface area contributed by atoms with Crippen LogP contribution in [0.2, 0.25) is 0 Å². The predicted octanol–water partition coefficient (Wildman–Crippen LogP) is 1.80. The van der Waals surface area contributed by atoms with Crippen LogP contribution < -0.4 is 0 Å². The molecule has 1 rings (SSSR count). The van der Waals surface area contributed by atoms with Gasteiger partial charge in [0.2, 0.25) is 0 Å². The fourth-order valence-corrected chi connectivity index (χ4v) is 2.03. The van der Waals surface area contributed by atoms with Gasteiger partial charge in [0, 0.05) is 5.56 Å². The second-order valence-electron chi connectivity index (χ2n) is 2.85. The molecule has 1 atom stereocenters. The summed E-state index contributed by atoms with van der Waals surface area (Å²) in [6, 6.07) is 9.92. The Morgan fingerprint density at radius 1 is 1.25 bits per heavy atom. The van der Waals surface area contributed by atoms with Crippen LogP contribution in [0.15, 0.2) is 30.3 Å². The molecule has 0 fully saturated rings. The molecule has 0 radical (unpaired) electrons. The first-order valence-corrected chi connectivity index (χ1v) is 5.92. The van der Waals surface area contributed by atoms with Gasteiger partial charge in [-0.2, -0.15) is 0 Å². The van der Waals surface area contributed by atoms with Crippen LogP contribution in [-0.4, -0.2) is 18.8 Å². The van der Waals surface area contributed by atoms with E-state index in [1.807, 2.05) is 30.3 Å². The molecule has 0 N–H and O–H groups in total. The van der Waals surface area contributed by atoms with E-state index in [1.165, 1.54) is 0 Å². The largest absolute Gasteiger partial charge is 0.297 e. The molecular formula is C10H13OS+. The Hall–Kier alpha value is -0.760. The van der Waals surface area contributed by atoms with E-state index in [9.17, 15) is 4.79 Å².